The quantitative estimate of drug-likeness (QED) is 0.597. The summed E-state index contributed by atoms with van der Waals surface area (Å²) in [6, 6.07) is 17.8. The summed E-state index contributed by atoms with van der Waals surface area (Å²) >= 11 is 6.04. The third kappa shape index (κ3) is 4.11. The third-order valence-electron chi connectivity index (χ3n) is 4.63. The number of halogens is 1. The lowest BCUT2D eigenvalue weighted by molar-refractivity contribution is 0.216. The number of hydrogen-bond donors (Lipinski definition) is 0. The Bertz CT molecular complexity index is 944. The Balaban J connectivity index is 1.47. The number of fused-ring (bicyclic) bond motifs is 1. The largest absolute Gasteiger partial charge is 0.489 e. The summed E-state index contributed by atoms with van der Waals surface area (Å²) in [5.41, 5.74) is 2.01. The van der Waals surface area contributed by atoms with E-state index in [0.29, 0.717) is 10.9 Å². The van der Waals surface area contributed by atoms with Gasteiger partial charge in [0.15, 0.2) is 0 Å². The summed E-state index contributed by atoms with van der Waals surface area (Å²) in [7, 11) is 0. The minimum atomic E-state index is 0.106. The summed E-state index contributed by atoms with van der Waals surface area (Å²) in [5.74, 6) is 1.58. The number of ether oxygens (including phenoxy) is 2. The van der Waals surface area contributed by atoms with Crippen LogP contribution in [0.4, 0.5) is 5.69 Å². The van der Waals surface area contributed by atoms with Gasteiger partial charge in [0.25, 0.3) is 0 Å². The molecule has 4 nitrogen and oxygen atoms in total. The van der Waals surface area contributed by atoms with Crippen LogP contribution in [-0.2, 0) is 0 Å². The summed E-state index contributed by atoms with van der Waals surface area (Å²) < 4.78 is 12.1. The molecule has 1 aromatic heterocycles. The fraction of sp³-hybridized carbons (Fsp3) is 0.318. The molecule has 2 aromatic carbocycles. The van der Waals surface area contributed by atoms with Gasteiger partial charge < -0.3 is 14.4 Å². The highest BCUT2D eigenvalue weighted by Gasteiger charge is 2.26. The predicted octanol–water partition coefficient (Wildman–Crippen LogP) is 5.33. The zero-order valence-corrected chi connectivity index (χ0v) is 16.3. The maximum atomic E-state index is 6.16. The number of para-hydroxylation sites is 2. The Morgan fingerprint density at radius 1 is 1.11 bits per heavy atom. The van der Waals surface area contributed by atoms with Crippen LogP contribution in [0.1, 0.15) is 20.3 Å². The molecule has 140 valence electrons. The average molecular weight is 383 g/mol. The molecule has 0 spiro atoms. The van der Waals surface area contributed by atoms with Crippen molar-refractivity contribution in [3.63, 3.8) is 0 Å². The molecule has 1 unspecified atom stereocenters. The van der Waals surface area contributed by atoms with Crippen LogP contribution in [0.5, 0.6) is 11.6 Å². The van der Waals surface area contributed by atoms with Crippen molar-refractivity contribution < 1.29 is 9.47 Å². The van der Waals surface area contributed by atoms with Crippen LogP contribution in [0.2, 0.25) is 5.02 Å². The second kappa shape index (κ2) is 7.65. The van der Waals surface area contributed by atoms with E-state index in [2.05, 4.69) is 16.0 Å². The monoisotopic (exact) mass is 382 g/mol. The number of pyridine rings is 1. The molecule has 1 aliphatic heterocycles. The van der Waals surface area contributed by atoms with Gasteiger partial charge in [-0.05, 0) is 50.2 Å². The first-order chi connectivity index (χ1) is 13.1. The molecule has 4 rings (SSSR count). The van der Waals surface area contributed by atoms with Crippen molar-refractivity contribution in [2.45, 2.75) is 32.5 Å². The van der Waals surface area contributed by atoms with Crippen molar-refractivity contribution in [1.82, 2.24) is 4.98 Å². The Morgan fingerprint density at radius 2 is 1.96 bits per heavy atom. The van der Waals surface area contributed by atoms with E-state index < -0.39 is 0 Å². The molecule has 0 bridgehead atoms. The lowest BCUT2D eigenvalue weighted by Gasteiger charge is -2.23. The first kappa shape index (κ1) is 17.9. The highest BCUT2D eigenvalue weighted by atomic mass is 35.5. The number of rotatable bonds is 5. The van der Waals surface area contributed by atoms with Crippen LogP contribution < -0.4 is 14.4 Å². The van der Waals surface area contributed by atoms with E-state index in [4.69, 9.17) is 21.1 Å². The molecule has 3 aromatic rings. The van der Waals surface area contributed by atoms with Gasteiger partial charge in [0, 0.05) is 29.4 Å². The highest BCUT2D eigenvalue weighted by Crippen LogP contribution is 2.32. The van der Waals surface area contributed by atoms with Gasteiger partial charge in [-0.2, -0.15) is 0 Å². The van der Waals surface area contributed by atoms with E-state index in [0.717, 1.165) is 41.9 Å². The van der Waals surface area contributed by atoms with Crippen molar-refractivity contribution in [2.75, 3.05) is 18.0 Å². The summed E-state index contributed by atoms with van der Waals surface area (Å²) in [6.07, 6.45) is 1.21. The number of benzene rings is 2. The number of aromatic nitrogens is 1. The SMILES string of the molecule is CC(C)Oc1ccccc1N1CCC(Oc2ccc3cc(Cl)ccc3n2)C1. The molecule has 1 fully saturated rings. The maximum Gasteiger partial charge on any atom is 0.214 e. The van der Waals surface area contributed by atoms with Crippen LogP contribution in [0.15, 0.2) is 54.6 Å². The van der Waals surface area contributed by atoms with Gasteiger partial charge in [-0.3, -0.25) is 0 Å². The second-order valence-electron chi connectivity index (χ2n) is 7.10. The van der Waals surface area contributed by atoms with Crippen molar-refractivity contribution >= 4 is 28.2 Å². The van der Waals surface area contributed by atoms with Gasteiger partial charge in [0.05, 0.1) is 23.9 Å². The maximum absolute atomic E-state index is 6.16. The fourth-order valence-corrected chi connectivity index (χ4v) is 3.61. The van der Waals surface area contributed by atoms with Crippen LogP contribution in [0, 0.1) is 0 Å². The zero-order chi connectivity index (χ0) is 18.8. The molecule has 5 heteroatoms. The Labute approximate surface area is 164 Å². The molecule has 0 aliphatic carbocycles. The molecule has 0 amide bonds. The number of nitrogens with zero attached hydrogens (tertiary/aromatic N) is 2. The minimum Gasteiger partial charge on any atom is -0.489 e. The highest BCUT2D eigenvalue weighted by molar-refractivity contribution is 6.31. The van der Waals surface area contributed by atoms with E-state index in [1.165, 1.54) is 0 Å². The van der Waals surface area contributed by atoms with E-state index in [1.807, 2.05) is 62.4 Å². The first-order valence-corrected chi connectivity index (χ1v) is 9.70. The van der Waals surface area contributed by atoms with Crippen LogP contribution in [0.3, 0.4) is 0 Å². The normalized spacial score (nSPS) is 16.9. The van der Waals surface area contributed by atoms with Gasteiger partial charge >= 0.3 is 0 Å². The van der Waals surface area contributed by atoms with Crippen LogP contribution in [0.25, 0.3) is 10.9 Å². The third-order valence-corrected chi connectivity index (χ3v) is 4.86. The van der Waals surface area contributed by atoms with Crippen LogP contribution in [-0.4, -0.2) is 30.3 Å². The fourth-order valence-electron chi connectivity index (χ4n) is 3.43. The molecule has 1 saturated heterocycles. The molecular formula is C22H23ClN2O2. The topological polar surface area (TPSA) is 34.6 Å². The molecule has 0 saturated carbocycles. The molecule has 1 aliphatic rings. The molecule has 0 N–H and O–H groups in total. The standard InChI is InChI=1S/C22H23ClN2O2/c1-15(2)26-21-6-4-3-5-20(21)25-12-11-18(14-25)27-22-10-7-16-13-17(23)8-9-19(16)24-22/h3-10,13,15,18H,11-12,14H2,1-2H3. The average Bonchev–Trinajstić information content (AvgIpc) is 3.10. The van der Waals surface area contributed by atoms with Gasteiger partial charge in [-0.25, -0.2) is 4.98 Å². The molecule has 27 heavy (non-hydrogen) atoms. The van der Waals surface area contributed by atoms with E-state index in [1.54, 1.807) is 0 Å². The lowest BCUT2D eigenvalue weighted by Crippen LogP contribution is -2.25. The van der Waals surface area contributed by atoms with Gasteiger partial charge in [0.2, 0.25) is 5.88 Å². The number of hydrogen-bond acceptors (Lipinski definition) is 4. The summed E-state index contributed by atoms with van der Waals surface area (Å²) in [6.45, 7) is 5.85. The smallest absolute Gasteiger partial charge is 0.214 e. The Morgan fingerprint density at radius 3 is 2.81 bits per heavy atom. The van der Waals surface area contributed by atoms with Crippen molar-refractivity contribution in [3.05, 3.63) is 59.6 Å². The van der Waals surface area contributed by atoms with Gasteiger partial charge in [-0.15, -0.1) is 0 Å². The van der Waals surface area contributed by atoms with Crippen molar-refractivity contribution in [2.24, 2.45) is 0 Å². The van der Waals surface area contributed by atoms with Crippen molar-refractivity contribution in [1.29, 1.82) is 0 Å². The first-order valence-electron chi connectivity index (χ1n) is 9.32. The predicted molar refractivity (Wildman–Crippen MR) is 110 cm³/mol. The summed E-state index contributed by atoms with van der Waals surface area (Å²) in [5, 5.41) is 1.73. The molecule has 1 atom stereocenters. The van der Waals surface area contributed by atoms with Crippen molar-refractivity contribution in [3.8, 4) is 11.6 Å². The van der Waals surface area contributed by atoms with Crippen LogP contribution >= 0.6 is 11.6 Å². The lowest BCUT2D eigenvalue weighted by atomic mass is 10.2. The van der Waals surface area contributed by atoms with Gasteiger partial charge in [0.1, 0.15) is 11.9 Å². The second-order valence-corrected chi connectivity index (χ2v) is 7.53. The number of anilines is 1. The summed E-state index contributed by atoms with van der Waals surface area (Å²) in [4.78, 5) is 6.93. The van der Waals surface area contributed by atoms with E-state index in [9.17, 15) is 0 Å². The van der Waals surface area contributed by atoms with E-state index in [-0.39, 0.29) is 12.2 Å². The van der Waals surface area contributed by atoms with E-state index >= 15 is 0 Å². The minimum absolute atomic E-state index is 0.106. The Hall–Kier alpha value is -2.46. The Kier molecular flexibility index (Phi) is 5.08. The molecule has 2 heterocycles. The van der Waals surface area contributed by atoms with Gasteiger partial charge in [-0.1, -0.05) is 23.7 Å². The zero-order valence-electron chi connectivity index (χ0n) is 15.6. The molecular weight excluding hydrogens is 360 g/mol. The molecule has 0 radical (unpaired) electrons.